The number of nitrogens with zero attached hydrogens (tertiary/aromatic N) is 4. The van der Waals surface area contributed by atoms with Crippen LogP contribution < -0.4 is 5.32 Å². The monoisotopic (exact) mass is 545 g/mol. The van der Waals surface area contributed by atoms with Gasteiger partial charge in [0.25, 0.3) is 5.91 Å². The molecular weight excluding hydrogens is 502 g/mol. The number of anilines is 1. The molecule has 0 spiro atoms. The molecule has 4 rings (SSSR count). The lowest BCUT2D eigenvalue weighted by molar-refractivity contribution is -0.144. The number of carboxylic acid groups (broad SMARTS) is 1. The Morgan fingerprint density at radius 1 is 1.15 bits per heavy atom. The first kappa shape index (κ1) is 29.0. The highest BCUT2D eigenvalue weighted by Crippen LogP contribution is 2.40. The summed E-state index contributed by atoms with van der Waals surface area (Å²) >= 11 is 0. The lowest BCUT2D eigenvalue weighted by atomic mass is 9.89. The average Bonchev–Trinajstić information content (AvgIpc) is 3.68. The fraction of sp³-hybridized carbons (Fsp3) is 0.750. The fourth-order valence-electron chi connectivity index (χ4n) is 5.23. The SMILES string of the molecule is COC1CC(Nc2cc(C3CC3)nnc2C(=O)N(CC(C)C)[C@H]2C[C@@H](C(=O)O)CN(C(=O)OC(C)(C)C)C2)C1. The van der Waals surface area contributed by atoms with Crippen molar-refractivity contribution in [2.24, 2.45) is 11.8 Å². The first-order valence-electron chi connectivity index (χ1n) is 14.0. The van der Waals surface area contributed by atoms with Crippen LogP contribution in [0.1, 0.15) is 88.8 Å². The Balaban J connectivity index is 1.62. The molecular formula is C28H43N5O6. The summed E-state index contributed by atoms with van der Waals surface area (Å²) in [6.45, 7) is 9.92. The van der Waals surface area contributed by atoms with Crippen molar-refractivity contribution >= 4 is 23.7 Å². The second-order valence-corrected chi connectivity index (χ2v) is 12.6. The molecule has 0 radical (unpaired) electrons. The fourth-order valence-corrected chi connectivity index (χ4v) is 5.23. The van der Waals surface area contributed by atoms with Gasteiger partial charge in [0.05, 0.1) is 29.4 Å². The molecule has 0 bridgehead atoms. The van der Waals surface area contributed by atoms with Gasteiger partial charge >= 0.3 is 12.1 Å². The molecule has 11 nitrogen and oxygen atoms in total. The van der Waals surface area contributed by atoms with Gasteiger partial charge in [-0.15, -0.1) is 5.10 Å². The number of likely N-dealkylation sites (tertiary alicyclic amines) is 1. The highest BCUT2D eigenvalue weighted by atomic mass is 16.6. The predicted molar refractivity (Wildman–Crippen MR) is 145 cm³/mol. The van der Waals surface area contributed by atoms with E-state index in [1.54, 1.807) is 32.8 Å². The number of hydrogen-bond donors (Lipinski definition) is 2. The van der Waals surface area contributed by atoms with Gasteiger partial charge in [0, 0.05) is 38.7 Å². The van der Waals surface area contributed by atoms with Gasteiger partial charge < -0.3 is 29.7 Å². The summed E-state index contributed by atoms with van der Waals surface area (Å²) in [4.78, 5) is 42.3. The summed E-state index contributed by atoms with van der Waals surface area (Å²) in [5.41, 5.74) is 1.03. The van der Waals surface area contributed by atoms with E-state index in [9.17, 15) is 19.5 Å². The van der Waals surface area contributed by atoms with Crippen LogP contribution >= 0.6 is 0 Å². The number of carbonyl (C=O) groups is 3. The van der Waals surface area contributed by atoms with Crippen molar-refractivity contribution in [1.82, 2.24) is 20.0 Å². The zero-order valence-corrected chi connectivity index (χ0v) is 24.0. The standard InChI is InChI=1S/C28H43N5O6/c1-16(2)13-33(20-9-18(26(35)36)14-32(15-20)27(37)39-28(3,4)5)25(34)24-23(29-19-10-21(11-19)38-6)12-22(30-31-24)17-7-8-17/h12,16-21H,7-11,13-15H2,1-6H3,(H,29,30)(H,35,36)/t18-,19?,20+,21?/m1/s1. The highest BCUT2D eigenvalue weighted by molar-refractivity contribution is 5.98. The number of nitrogens with one attached hydrogen (secondary N) is 1. The van der Waals surface area contributed by atoms with Crippen molar-refractivity contribution in [3.8, 4) is 0 Å². The maximum atomic E-state index is 14.2. The minimum atomic E-state index is -1.00. The van der Waals surface area contributed by atoms with Gasteiger partial charge in [-0.25, -0.2) is 4.79 Å². The van der Waals surface area contributed by atoms with Crippen molar-refractivity contribution in [2.75, 3.05) is 32.1 Å². The number of carboxylic acids is 1. The Morgan fingerprint density at radius 2 is 1.85 bits per heavy atom. The lowest BCUT2D eigenvalue weighted by Crippen LogP contribution is -2.57. The largest absolute Gasteiger partial charge is 0.481 e. The lowest BCUT2D eigenvalue weighted by Gasteiger charge is -2.42. The molecule has 11 heteroatoms. The molecule has 1 aromatic rings. The molecule has 2 atom stereocenters. The molecule has 216 valence electrons. The first-order valence-corrected chi connectivity index (χ1v) is 14.0. The van der Waals surface area contributed by atoms with E-state index in [2.05, 4.69) is 15.5 Å². The van der Waals surface area contributed by atoms with E-state index >= 15 is 0 Å². The second kappa shape index (κ2) is 11.7. The maximum Gasteiger partial charge on any atom is 0.410 e. The van der Waals surface area contributed by atoms with Gasteiger partial charge in [-0.05, 0) is 64.9 Å². The van der Waals surface area contributed by atoms with E-state index in [-0.39, 0.29) is 49.2 Å². The van der Waals surface area contributed by atoms with E-state index in [1.165, 1.54) is 4.90 Å². The van der Waals surface area contributed by atoms with Crippen molar-refractivity contribution in [1.29, 1.82) is 0 Å². The van der Waals surface area contributed by atoms with E-state index in [1.807, 2.05) is 19.9 Å². The van der Waals surface area contributed by atoms with Gasteiger partial charge in [-0.2, -0.15) is 5.10 Å². The Hall–Kier alpha value is -2.95. The third kappa shape index (κ3) is 7.38. The summed E-state index contributed by atoms with van der Waals surface area (Å²) in [5.74, 6) is -1.65. The summed E-state index contributed by atoms with van der Waals surface area (Å²) in [6, 6.07) is 1.60. The molecule has 3 fully saturated rings. The topological polar surface area (TPSA) is 134 Å². The number of methoxy groups -OCH3 is 1. The van der Waals surface area contributed by atoms with Crippen LogP contribution in [0.3, 0.4) is 0 Å². The average molecular weight is 546 g/mol. The van der Waals surface area contributed by atoms with Crippen LogP contribution in [0.25, 0.3) is 0 Å². The Labute approximate surface area is 230 Å². The molecule has 0 unspecified atom stereocenters. The zero-order valence-electron chi connectivity index (χ0n) is 24.0. The molecule has 39 heavy (non-hydrogen) atoms. The maximum absolute atomic E-state index is 14.2. The van der Waals surface area contributed by atoms with E-state index in [0.29, 0.717) is 18.2 Å². The zero-order chi connectivity index (χ0) is 28.5. The summed E-state index contributed by atoms with van der Waals surface area (Å²) in [7, 11) is 1.70. The third-order valence-electron chi connectivity index (χ3n) is 7.49. The normalized spacial score (nSPS) is 25.2. The van der Waals surface area contributed by atoms with Crippen LogP contribution in [0.15, 0.2) is 6.07 Å². The minimum absolute atomic E-state index is 0.0372. The molecule has 2 heterocycles. The number of aliphatic carboxylic acids is 1. The van der Waals surface area contributed by atoms with Crippen LogP contribution in [0.5, 0.6) is 0 Å². The Bertz CT molecular complexity index is 1060. The van der Waals surface area contributed by atoms with Gasteiger partial charge in [-0.1, -0.05) is 13.8 Å². The van der Waals surface area contributed by atoms with Crippen molar-refractivity contribution in [3.05, 3.63) is 17.5 Å². The molecule has 2 N–H and O–H groups in total. The van der Waals surface area contributed by atoms with Gasteiger partial charge in [0.1, 0.15) is 5.60 Å². The second-order valence-electron chi connectivity index (χ2n) is 12.6. The molecule has 1 aromatic heterocycles. The molecule has 1 saturated heterocycles. The Kier molecular flexibility index (Phi) is 8.68. The number of hydrogen-bond acceptors (Lipinski definition) is 8. The number of amides is 2. The van der Waals surface area contributed by atoms with Gasteiger partial charge in [0.2, 0.25) is 0 Å². The number of aromatic nitrogens is 2. The van der Waals surface area contributed by atoms with Crippen LogP contribution in [0.4, 0.5) is 10.5 Å². The molecule has 2 aliphatic carbocycles. The number of carbonyl (C=O) groups excluding carboxylic acids is 2. The third-order valence-corrected chi connectivity index (χ3v) is 7.49. The van der Waals surface area contributed by atoms with Crippen molar-refractivity contribution in [3.63, 3.8) is 0 Å². The van der Waals surface area contributed by atoms with Crippen LogP contribution in [-0.2, 0) is 14.3 Å². The number of piperidine rings is 1. The van der Waals surface area contributed by atoms with E-state index < -0.39 is 29.6 Å². The molecule has 3 aliphatic rings. The Morgan fingerprint density at radius 3 is 2.41 bits per heavy atom. The quantitative estimate of drug-likeness (QED) is 0.476. The van der Waals surface area contributed by atoms with Gasteiger partial charge in [0.15, 0.2) is 5.69 Å². The van der Waals surface area contributed by atoms with E-state index in [4.69, 9.17) is 9.47 Å². The van der Waals surface area contributed by atoms with Crippen LogP contribution in [-0.4, -0.2) is 93.6 Å². The molecule has 1 aliphatic heterocycles. The smallest absolute Gasteiger partial charge is 0.410 e. The van der Waals surface area contributed by atoms with Crippen LogP contribution in [0.2, 0.25) is 0 Å². The van der Waals surface area contributed by atoms with Gasteiger partial charge in [-0.3, -0.25) is 9.59 Å². The number of ether oxygens (including phenoxy) is 2. The van der Waals surface area contributed by atoms with E-state index in [0.717, 1.165) is 31.4 Å². The summed E-state index contributed by atoms with van der Waals surface area (Å²) < 4.78 is 11.0. The summed E-state index contributed by atoms with van der Waals surface area (Å²) in [5, 5.41) is 22.2. The minimum Gasteiger partial charge on any atom is -0.481 e. The molecule has 0 aromatic carbocycles. The van der Waals surface area contributed by atoms with Crippen LogP contribution in [0, 0.1) is 11.8 Å². The molecule has 2 saturated carbocycles. The number of rotatable bonds is 9. The predicted octanol–water partition coefficient (Wildman–Crippen LogP) is 3.75. The molecule has 2 amide bonds. The summed E-state index contributed by atoms with van der Waals surface area (Å²) in [6.07, 6.45) is 3.67. The highest BCUT2D eigenvalue weighted by Gasteiger charge is 2.41. The van der Waals surface area contributed by atoms with Crippen molar-refractivity contribution < 1.29 is 29.0 Å². The first-order chi connectivity index (χ1) is 18.3. The van der Waals surface area contributed by atoms with Crippen molar-refractivity contribution in [2.45, 2.75) is 96.4 Å².